The Morgan fingerprint density at radius 3 is 2.32 bits per heavy atom. The molecular formula is C19H30N2O4. The molecule has 1 aromatic rings. The number of rotatable bonds is 10. The molecule has 1 N–H and O–H groups in total. The van der Waals surface area contributed by atoms with Crippen LogP contribution in [0.3, 0.4) is 0 Å². The molecule has 0 saturated heterocycles. The highest BCUT2D eigenvalue weighted by molar-refractivity contribution is 5.94. The second-order valence-electron chi connectivity index (χ2n) is 7.25. The molecule has 0 spiro atoms. The molecule has 1 rings (SSSR count). The van der Waals surface area contributed by atoms with Crippen LogP contribution in [-0.4, -0.2) is 39.0 Å². The van der Waals surface area contributed by atoms with E-state index in [4.69, 9.17) is 0 Å². The Morgan fingerprint density at radius 2 is 1.84 bits per heavy atom. The van der Waals surface area contributed by atoms with Crippen molar-refractivity contribution in [3.05, 3.63) is 39.9 Å². The highest BCUT2D eigenvalue weighted by Crippen LogP contribution is 2.19. The van der Waals surface area contributed by atoms with Gasteiger partial charge in [0.1, 0.15) is 0 Å². The van der Waals surface area contributed by atoms with Gasteiger partial charge in [-0.2, -0.15) is 0 Å². The minimum absolute atomic E-state index is 0.00836. The average Bonchev–Trinajstić information content (AvgIpc) is 2.55. The van der Waals surface area contributed by atoms with Crippen LogP contribution >= 0.6 is 0 Å². The maximum Gasteiger partial charge on any atom is 0.269 e. The van der Waals surface area contributed by atoms with Gasteiger partial charge in [0.2, 0.25) is 0 Å². The Morgan fingerprint density at radius 1 is 1.24 bits per heavy atom. The van der Waals surface area contributed by atoms with Crippen molar-refractivity contribution in [2.75, 3.05) is 6.54 Å². The van der Waals surface area contributed by atoms with Crippen LogP contribution in [0.1, 0.15) is 70.2 Å². The van der Waals surface area contributed by atoms with E-state index in [2.05, 4.69) is 6.92 Å². The summed E-state index contributed by atoms with van der Waals surface area (Å²) < 4.78 is 0. The van der Waals surface area contributed by atoms with Gasteiger partial charge in [0.15, 0.2) is 0 Å². The van der Waals surface area contributed by atoms with Crippen LogP contribution in [0.15, 0.2) is 24.3 Å². The highest BCUT2D eigenvalue weighted by atomic mass is 16.6. The number of nitro benzene ring substituents is 1. The molecular weight excluding hydrogens is 320 g/mol. The second kappa shape index (κ2) is 9.51. The van der Waals surface area contributed by atoms with Crippen LogP contribution in [0, 0.1) is 10.1 Å². The minimum Gasteiger partial charge on any atom is -0.389 e. The quantitative estimate of drug-likeness (QED) is 0.390. The fourth-order valence-electron chi connectivity index (χ4n) is 2.76. The number of hydrogen-bond acceptors (Lipinski definition) is 4. The molecule has 140 valence electrons. The SMILES string of the molecule is CCCCCC[C@H](C)N(CC(C)(C)O)C(=O)c1ccc([N+](=O)[O-])cc1. The van der Waals surface area contributed by atoms with Crippen molar-refractivity contribution in [3.8, 4) is 0 Å². The summed E-state index contributed by atoms with van der Waals surface area (Å²) in [7, 11) is 0. The first-order valence-electron chi connectivity index (χ1n) is 8.93. The van der Waals surface area contributed by atoms with E-state index in [1.165, 1.54) is 30.7 Å². The molecule has 0 saturated carbocycles. The number of unbranched alkanes of at least 4 members (excludes halogenated alkanes) is 3. The van der Waals surface area contributed by atoms with E-state index in [1.54, 1.807) is 18.7 Å². The smallest absolute Gasteiger partial charge is 0.269 e. The number of hydrogen-bond donors (Lipinski definition) is 1. The summed E-state index contributed by atoms with van der Waals surface area (Å²) in [6, 6.07) is 5.61. The van der Waals surface area contributed by atoms with Gasteiger partial charge in [-0.1, -0.05) is 32.6 Å². The van der Waals surface area contributed by atoms with Gasteiger partial charge >= 0.3 is 0 Å². The molecule has 0 radical (unpaired) electrons. The lowest BCUT2D eigenvalue weighted by Crippen LogP contribution is -2.46. The van der Waals surface area contributed by atoms with Crippen molar-refractivity contribution < 1.29 is 14.8 Å². The summed E-state index contributed by atoms with van der Waals surface area (Å²) in [5.41, 5.74) is -0.651. The predicted molar refractivity (Wildman–Crippen MR) is 98.7 cm³/mol. The number of carbonyl (C=O) groups is 1. The Kier molecular flexibility index (Phi) is 8.03. The molecule has 6 heteroatoms. The van der Waals surface area contributed by atoms with Gasteiger partial charge in [0.05, 0.1) is 10.5 Å². The lowest BCUT2D eigenvalue weighted by molar-refractivity contribution is -0.384. The Labute approximate surface area is 150 Å². The fraction of sp³-hybridized carbons (Fsp3) is 0.632. The number of aliphatic hydroxyl groups is 1. The second-order valence-corrected chi connectivity index (χ2v) is 7.25. The maximum atomic E-state index is 12.9. The topological polar surface area (TPSA) is 83.7 Å². The van der Waals surface area contributed by atoms with E-state index in [0.29, 0.717) is 5.56 Å². The zero-order valence-electron chi connectivity index (χ0n) is 15.7. The largest absolute Gasteiger partial charge is 0.389 e. The normalized spacial score (nSPS) is 12.7. The molecule has 0 aliphatic rings. The summed E-state index contributed by atoms with van der Waals surface area (Å²) in [5.74, 6) is -0.208. The van der Waals surface area contributed by atoms with Gasteiger partial charge in [0, 0.05) is 30.3 Å². The first-order chi connectivity index (χ1) is 11.7. The van der Waals surface area contributed by atoms with E-state index < -0.39 is 10.5 Å². The van der Waals surface area contributed by atoms with E-state index in [-0.39, 0.29) is 24.2 Å². The molecule has 25 heavy (non-hydrogen) atoms. The third-order valence-electron chi connectivity index (χ3n) is 4.15. The Balaban J connectivity index is 2.89. The number of benzene rings is 1. The summed E-state index contributed by atoms with van der Waals surface area (Å²) in [6.07, 6.45) is 5.36. The van der Waals surface area contributed by atoms with Gasteiger partial charge < -0.3 is 10.0 Å². The molecule has 0 bridgehead atoms. The average molecular weight is 350 g/mol. The summed E-state index contributed by atoms with van der Waals surface area (Å²) in [4.78, 5) is 24.8. The molecule has 6 nitrogen and oxygen atoms in total. The zero-order chi connectivity index (χ0) is 19.0. The number of amides is 1. The summed E-state index contributed by atoms with van der Waals surface area (Å²) >= 11 is 0. The minimum atomic E-state index is -1.01. The number of nitrogens with zero attached hydrogens (tertiary/aromatic N) is 2. The molecule has 1 atom stereocenters. The van der Waals surface area contributed by atoms with Crippen LogP contribution in [-0.2, 0) is 0 Å². The third-order valence-corrected chi connectivity index (χ3v) is 4.15. The highest BCUT2D eigenvalue weighted by Gasteiger charge is 2.27. The third kappa shape index (κ3) is 7.22. The van der Waals surface area contributed by atoms with Crippen molar-refractivity contribution >= 4 is 11.6 Å². The monoisotopic (exact) mass is 350 g/mol. The first-order valence-corrected chi connectivity index (χ1v) is 8.93. The number of non-ortho nitro benzene ring substituents is 1. The van der Waals surface area contributed by atoms with E-state index in [9.17, 15) is 20.0 Å². The van der Waals surface area contributed by atoms with Gasteiger partial charge in [-0.3, -0.25) is 14.9 Å². The van der Waals surface area contributed by atoms with E-state index >= 15 is 0 Å². The number of carbonyl (C=O) groups excluding carboxylic acids is 1. The molecule has 1 amide bonds. The molecule has 0 aliphatic heterocycles. The standard InChI is InChI=1S/C19H30N2O4/c1-5-6-7-8-9-15(2)20(14-19(3,4)23)18(22)16-10-12-17(13-11-16)21(24)25/h10-13,15,23H,5-9,14H2,1-4H3/t15-/m0/s1. The lowest BCUT2D eigenvalue weighted by Gasteiger charge is -2.34. The Hall–Kier alpha value is -1.95. The zero-order valence-corrected chi connectivity index (χ0v) is 15.7. The van der Waals surface area contributed by atoms with Crippen molar-refractivity contribution in [2.45, 2.75) is 71.4 Å². The molecule has 0 unspecified atom stereocenters. The molecule has 0 heterocycles. The van der Waals surface area contributed by atoms with Gasteiger partial charge in [0.25, 0.3) is 11.6 Å². The molecule has 1 aromatic carbocycles. The van der Waals surface area contributed by atoms with Gasteiger partial charge in [-0.15, -0.1) is 0 Å². The van der Waals surface area contributed by atoms with Crippen molar-refractivity contribution in [1.29, 1.82) is 0 Å². The summed E-state index contributed by atoms with van der Waals surface area (Å²) in [5, 5.41) is 20.9. The van der Waals surface area contributed by atoms with Crippen LogP contribution in [0.4, 0.5) is 5.69 Å². The number of nitro groups is 1. The van der Waals surface area contributed by atoms with Crippen molar-refractivity contribution in [2.24, 2.45) is 0 Å². The van der Waals surface area contributed by atoms with Crippen LogP contribution in [0.25, 0.3) is 0 Å². The van der Waals surface area contributed by atoms with Gasteiger partial charge in [-0.05, 0) is 39.3 Å². The first kappa shape index (κ1) is 21.1. The van der Waals surface area contributed by atoms with Crippen molar-refractivity contribution in [3.63, 3.8) is 0 Å². The van der Waals surface area contributed by atoms with Crippen LogP contribution < -0.4 is 0 Å². The van der Waals surface area contributed by atoms with Crippen LogP contribution in [0.5, 0.6) is 0 Å². The van der Waals surface area contributed by atoms with E-state index in [1.807, 2.05) is 6.92 Å². The van der Waals surface area contributed by atoms with Gasteiger partial charge in [-0.25, -0.2) is 0 Å². The predicted octanol–water partition coefficient (Wildman–Crippen LogP) is 4.17. The molecule has 0 aromatic heterocycles. The summed E-state index contributed by atoms with van der Waals surface area (Å²) in [6.45, 7) is 7.71. The molecule has 0 fully saturated rings. The van der Waals surface area contributed by atoms with E-state index in [0.717, 1.165) is 25.7 Å². The maximum absolute atomic E-state index is 12.9. The van der Waals surface area contributed by atoms with Crippen LogP contribution in [0.2, 0.25) is 0 Å². The fourth-order valence-corrected chi connectivity index (χ4v) is 2.76. The Bertz CT molecular complexity index is 564. The van der Waals surface area contributed by atoms with Crippen molar-refractivity contribution in [1.82, 2.24) is 4.90 Å². The lowest BCUT2D eigenvalue weighted by atomic mass is 10.0. The molecule has 0 aliphatic carbocycles.